The van der Waals surface area contributed by atoms with Gasteiger partial charge in [-0.3, -0.25) is 39.0 Å². The average molecular weight is 972 g/mol. The minimum Gasteiger partial charge on any atom is -0.493 e. The Balaban J connectivity index is 0.828. The number of methoxy groups -OCH3 is 1. The highest BCUT2D eigenvalue weighted by Crippen LogP contribution is 2.41. The molecule has 3 aromatic rings. The van der Waals surface area contributed by atoms with E-state index in [0.29, 0.717) is 41.2 Å². The van der Waals surface area contributed by atoms with Gasteiger partial charge in [0.05, 0.1) is 42.3 Å². The van der Waals surface area contributed by atoms with E-state index in [0.717, 1.165) is 106 Å². The summed E-state index contributed by atoms with van der Waals surface area (Å²) in [6, 6.07) is 9.23. The van der Waals surface area contributed by atoms with Crippen LogP contribution >= 0.6 is 0 Å². The second kappa shape index (κ2) is 22.8. The SMILES string of the molecule is CCOc1cc([C@@H](CS(C)(=O)=O)N2C(=O)c3c(CCCCCCCCCCCCN4CCC(c5cc(F)cc6c5CN(C5CCC(=O)NC5=O)C6=O)CC4)ccc(NC(C)=O)c3C2=O)ccc1OC. The number of piperidine rings is 2. The molecule has 2 fully saturated rings. The smallest absolute Gasteiger partial charge is 0.264 e. The molecule has 4 aliphatic heterocycles. The molecule has 0 bridgehead atoms. The summed E-state index contributed by atoms with van der Waals surface area (Å²) in [7, 11) is -2.21. The molecule has 4 aliphatic rings. The van der Waals surface area contributed by atoms with Crippen molar-refractivity contribution in [2.75, 3.05) is 50.7 Å². The van der Waals surface area contributed by atoms with Crippen LogP contribution in [0.2, 0.25) is 0 Å². The largest absolute Gasteiger partial charge is 0.493 e. The average Bonchev–Trinajstić information content (AvgIpc) is 3.77. The lowest BCUT2D eigenvalue weighted by atomic mass is 9.85. The van der Waals surface area contributed by atoms with Gasteiger partial charge in [-0.2, -0.15) is 0 Å². The van der Waals surface area contributed by atoms with Crippen LogP contribution in [0.15, 0.2) is 42.5 Å². The topological polar surface area (TPSA) is 189 Å². The lowest BCUT2D eigenvalue weighted by Crippen LogP contribution is -2.52. The summed E-state index contributed by atoms with van der Waals surface area (Å²) in [5.41, 5.74) is 3.56. The number of amides is 6. The van der Waals surface area contributed by atoms with Crippen LogP contribution in [0.3, 0.4) is 0 Å². The van der Waals surface area contributed by atoms with Crippen molar-refractivity contribution >= 4 is 51.0 Å². The van der Waals surface area contributed by atoms with Crippen molar-refractivity contribution in [2.24, 2.45) is 0 Å². The molecule has 0 radical (unpaired) electrons. The number of rotatable bonds is 23. The number of nitrogens with one attached hydrogen (secondary N) is 2. The number of fused-ring (bicyclic) bond motifs is 2. The quantitative estimate of drug-likeness (QED) is 0.0702. The van der Waals surface area contributed by atoms with Crippen molar-refractivity contribution in [1.82, 2.24) is 20.0 Å². The number of hydrogen-bond donors (Lipinski definition) is 2. The molecule has 0 aromatic heterocycles. The van der Waals surface area contributed by atoms with Crippen molar-refractivity contribution in [3.63, 3.8) is 0 Å². The second-order valence-electron chi connectivity index (χ2n) is 19.0. The Hall–Kier alpha value is -5.68. The van der Waals surface area contributed by atoms with Crippen LogP contribution in [0, 0.1) is 5.82 Å². The summed E-state index contributed by atoms with van der Waals surface area (Å²) >= 11 is 0. The minimum absolute atomic E-state index is 0.0698. The maximum Gasteiger partial charge on any atom is 0.264 e. The first-order valence-electron chi connectivity index (χ1n) is 24.6. The fraction of sp³-hybridized carbons (Fsp3) is 0.538. The van der Waals surface area contributed by atoms with E-state index in [2.05, 4.69) is 15.5 Å². The number of unbranched alkanes of at least 4 members (excludes halogenated alkanes) is 9. The lowest BCUT2D eigenvalue weighted by Gasteiger charge is -2.33. The van der Waals surface area contributed by atoms with Gasteiger partial charge in [0, 0.05) is 31.7 Å². The Morgan fingerprint density at radius 2 is 1.51 bits per heavy atom. The fourth-order valence-electron chi connectivity index (χ4n) is 10.6. The summed E-state index contributed by atoms with van der Waals surface area (Å²) in [5, 5.41) is 5.03. The third-order valence-corrected chi connectivity index (χ3v) is 14.9. The van der Waals surface area contributed by atoms with Gasteiger partial charge in [0.15, 0.2) is 11.5 Å². The number of ether oxygens (including phenoxy) is 2. The number of halogens is 1. The Labute approximate surface area is 404 Å². The molecule has 2 atom stereocenters. The molecule has 2 N–H and O–H groups in total. The number of likely N-dealkylation sites (tertiary alicyclic amines) is 1. The third-order valence-electron chi connectivity index (χ3n) is 14.0. The molecule has 0 saturated carbocycles. The van der Waals surface area contributed by atoms with Crippen molar-refractivity contribution in [3.8, 4) is 11.5 Å². The number of nitrogens with zero attached hydrogens (tertiary/aromatic N) is 3. The van der Waals surface area contributed by atoms with Gasteiger partial charge in [-0.25, -0.2) is 12.8 Å². The number of hydrogen-bond acceptors (Lipinski definition) is 11. The van der Waals surface area contributed by atoms with Crippen LogP contribution in [0.25, 0.3) is 0 Å². The second-order valence-corrected chi connectivity index (χ2v) is 21.1. The number of benzene rings is 3. The molecule has 17 heteroatoms. The zero-order valence-electron chi connectivity index (χ0n) is 40.3. The van der Waals surface area contributed by atoms with Gasteiger partial charge in [-0.1, -0.05) is 63.5 Å². The van der Waals surface area contributed by atoms with E-state index in [1.807, 2.05) is 0 Å². The molecule has 2 saturated heterocycles. The number of anilines is 1. The number of imide groups is 2. The molecule has 372 valence electrons. The molecule has 4 heterocycles. The summed E-state index contributed by atoms with van der Waals surface area (Å²) in [4.78, 5) is 83.3. The molecule has 6 amide bonds. The summed E-state index contributed by atoms with van der Waals surface area (Å²) < 4.78 is 51.6. The first-order valence-corrected chi connectivity index (χ1v) is 26.6. The number of carbonyl (C=O) groups is 6. The van der Waals surface area contributed by atoms with Gasteiger partial charge in [0.1, 0.15) is 21.7 Å². The molecular formula is C52H66FN5O10S. The number of sulfone groups is 1. The van der Waals surface area contributed by atoms with Crippen LogP contribution in [-0.4, -0.2) is 110 Å². The lowest BCUT2D eigenvalue weighted by molar-refractivity contribution is -0.137. The van der Waals surface area contributed by atoms with E-state index in [1.54, 1.807) is 43.3 Å². The van der Waals surface area contributed by atoms with Crippen molar-refractivity contribution in [3.05, 3.63) is 87.2 Å². The Morgan fingerprint density at radius 1 is 0.841 bits per heavy atom. The van der Waals surface area contributed by atoms with E-state index >= 15 is 0 Å². The fourth-order valence-corrected chi connectivity index (χ4v) is 11.5. The van der Waals surface area contributed by atoms with E-state index in [1.165, 1.54) is 37.8 Å². The van der Waals surface area contributed by atoms with Crippen LogP contribution in [0.1, 0.15) is 169 Å². The Kier molecular flexibility index (Phi) is 16.9. The highest BCUT2D eigenvalue weighted by atomic mass is 32.2. The summed E-state index contributed by atoms with van der Waals surface area (Å²) in [6.45, 7) is 6.53. The van der Waals surface area contributed by atoms with Crippen molar-refractivity contribution < 1.29 is 51.0 Å². The van der Waals surface area contributed by atoms with Crippen LogP contribution in [0.5, 0.6) is 11.5 Å². The molecule has 7 rings (SSSR count). The van der Waals surface area contributed by atoms with Gasteiger partial charge >= 0.3 is 0 Å². The van der Waals surface area contributed by atoms with E-state index in [4.69, 9.17) is 9.47 Å². The van der Waals surface area contributed by atoms with Gasteiger partial charge in [-0.05, 0) is 124 Å². The predicted molar refractivity (Wildman–Crippen MR) is 259 cm³/mol. The Bertz CT molecular complexity index is 2560. The third kappa shape index (κ3) is 12.2. The van der Waals surface area contributed by atoms with E-state index < -0.39 is 57.1 Å². The van der Waals surface area contributed by atoms with Crippen LogP contribution in [-0.2, 0) is 37.2 Å². The summed E-state index contributed by atoms with van der Waals surface area (Å²) in [6.07, 6.45) is 14.6. The molecule has 0 aliphatic carbocycles. The molecule has 3 aromatic carbocycles. The number of carbonyl (C=O) groups excluding carboxylic acids is 6. The molecule has 0 spiro atoms. The van der Waals surface area contributed by atoms with Crippen LogP contribution in [0.4, 0.5) is 10.1 Å². The standard InChI is InChI=1S/C52H66FN5O10S/c1-5-68-45-28-36(18-21-44(45)67-3)43(32-69(4,65)66)58-51(63)47-35(17-19-41(54-33(2)59)48(47)52(58)64)16-14-12-10-8-6-7-9-11-13-15-25-56-26-23-34(24-27-56)38-29-37(53)30-39-40(38)31-57(50(39)62)42-20-22-46(60)55-49(42)61/h17-19,21,28-30,34,42-43H,5-16,20,22-27,31-32H2,1-4H3,(H,54,59)(H,55,60,61)/t42?,43-/m1/s1. The van der Waals surface area contributed by atoms with Gasteiger partial charge in [-0.15, -0.1) is 0 Å². The van der Waals surface area contributed by atoms with Crippen LogP contribution < -0.4 is 20.1 Å². The van der Waals surface area contributed by atoms with Gasteiger partial charge in [0.25, 0.3) is 17.7 Å². The van der Waals surface area contributed by atoms with Gasteiger partial charge < -0.3 is 24.6 Å². The molecule has 15 nitrogen and oxygen atoms in total. The maximum atomic E-state index is 14.9. The zero-order chi connectivity index (χ0) is 49.4. The molecular weight excluding hydrogens is 906 g/mol. The highest BCUT2D eigenvalue weighted by molar-refractivity contribution is 7.90. The minimum atomic E-state index is -3.70. The summed E-state index contributed by atoms with van der Waals surface area (Å²) in [5.74, 6) is -2.86. The normalized spacial score (nSPS) is 18.1. The first-order chi connectivity index (χ1) is 33.1. The maximum absolute atomic E-state index is 14.9. The molecule has 69 heavy (non-hydrogen) atoms. The first kappa shape index (κ1) is 51.2. The highest BCUT2D eigenvalue weighted by Gasteiger charge is 2.45. The molecule has 1 unspecified atom stereocenters. The number of aryl methyl sites for hydroxylation is 1. The van der Waals surface area contributed by atoms with E-state index in [9.17, 15) is 41.6 Å². The van der Waals surface area contributed by atoms with E-state index in [-0.39, 0.29) is 53.9 Å². The Morgan fingerprint density at radius 3 is 2.14 bits per heavy atom. The predicted octanol–water partition coefficient (Wildman–Crippen LogP) is 7.66. The zero-order valence-corrected chi connectivity index (χ0v) is 41.1. The monoisotopic (exact) mass is 971 g/mol. The van der Waals surface area contributed by atoms with Crippen molar-refractivity contribution in [1.29, 1.82) is 0 Å². The van der Waals surface area contributed by atoms with Crippen molar-refractivity contribution in [2.45, 2.75) is 135 Å². The van der Waals surface area contributed by atoms with Gasteiger partial charge in [0.2, 0.25) is 17.7 Å².